The van der Waals surface area contributed by atoms with Crippen LogP contribution in [0, 0.1) is 5.41 Å². The van der Waals surface area contributed by atoms with E-state index in [2.05, 4.69) is 19.2 Å². The molecule has 0 aromatic heterocycles. The molecule has 3 nitrogen and oxygen atoms in total. The van der Waals surface area contributed by atoms with Crippen molar-refractivity contribution in [3.05, 3.63) is 0 Å². The monoisotopic (exact) mass is 226 g/mol. The number of carbonyl (C=O) groups excluding carboxylic acids is 1. The van der Waals surface area contributed by atoms with Gasteiger partial charge in [0.2, 0.25) is 5.91 Å². The molecule has 0 aliphatic heterocycles. The smallest absolute Gasteiger partial charge is 0.220 e. The van der Waals surface area contributed by atoms with Gasteiger partial charge in [0.05, 0.1) is 0 Å². The summed E-state index contributed by atoms with van der Waals surface area (Å²) in [5, 5.41) is 3.19. The molecule has 1 amide bonds. The van der Waals surface area contributed by atoms with Gasteiger partial charge in [-0.05, 0) is 37.6 Å². The van der Waals surface area contributed by atoms with Gasteiger partial charge in [0.1, 0.15) is 0 Å². The molecule has 94 valence electrons. The van der Waals surface area contributed by atoms with Crippen molar-refractivity contribution in [3.8, 4) is 0 Å². The van der Waals surface area contributed by atoms with Gasteiger partial charge in [-0.1, -0.05) is 26.7 Å². The third-order valence-corrected chi connectivity index (χ3v) is 3.70. The topological polar surface area (TPSA) is 55.1 Å². The van der Waals surface area contributed by atoms with Gasteiger partial charge in [0.15, 0.2) is 0 Å². The van der Waals surface area contributed by atoms with E-state index >= 15 is 0 Å². The molecule has 0 saturated heterocycles. The Balaban J connectivity index is 2.31. The summed E-state index contributed by atoms with van der Waals surface area (Å²) < 4.78 is 0. The second kappa shape index (κ2) is 6.24. The van der Waals surface area contributed by atoms with E-state index in [1.54, 1.807) is 0 Å². The van der Waals surface area contributed by atoms with Crippen LogP contribution >= 0.6 is 0 Å². The summed E-state index contributed by atoms with van der Waals surface area (Å²) in [5.74, 6) is 0.202. The maximum absolute atomic E-state index is 11.7. The van der Waals surface area contributed by atoms with Crippen LogP contribution < -0.4 is 11.1 Å². The van der Waals surface area contributed by atoms with Crippen LogP contribution in [0.25, 0.3) is 0 Å². The highest BCUT2D eigenvalue weighted by molar-refractivity contribution is 5.76. The molecular weight excluding hydrogens is 200 g/mol. The first kappa shape index (κ1) is 13.5. The van der Waals surface area contributed by atoms with Gasteiger partial charge in [-0.25, -0.2) is 0 Å². The van der Waals surface area contributed by atoms with E-state index in [0.29, 0.717) is 19.0 Å². The summed E-state index contributed by atoms with van der Waals surface area (Å²) >= 11 is 0. The number of rotatable bonds is 5. The lowest BCUT2D eigenvalue weighted by Crippen LogP contribution is -2.46. The van der Waals surface area contributed by atoms with Gasteiger partial charge in [0.25, 0.3) is 0 Å². The molecule has 1 aliphatic rings. The first-order chi connectivity index (χ1) is 7.56. The summed E-state index contributed by atoms with van der Waals surface area (Å²) in [6.07, 6.45) is 7.39. The van der Waals surface area contributed by atoms with E-state index in [1.807, 2.05) is 0 Å². The van der Waals surface area contributed by atoms with Crippen molar-refractivity contribution in [2.24, 2.45) is 11.1 Å². The maximum atomic E-state index is 11.7. The minimum atomic E-state index is 0.202. The number of hydrogen-bond acceptors (Lipinski definition) is 2. The largest absolute Gasteiger partial charge is 0.353 e. The quantitative estimate of drug-likeness (QED) is 0.706. The van der Waals surface area contributed by atoms with Crippen molar-refractivity contribution in [3.63, 3.8) is 0 Å². The van der Waals surface area contributed by atoms with Crippen LogP contribution in [-0.4, -0.2) is 18.5 Å². The average molecular weight is 226 g/mol. The molecule has 3 heteroatoms. The molecule has 1 atom stereocenters. The van der Waals surface area contributed by atoms with E-state index in [1.165, 1.54) is 19.3 Å². The number of nitrogens with two attached hydrogens (primary N) is 1. The summed E-state index contributed by atoms with van der Waals surface area (Å²) in [6.45, 7) is 5.20. The molecule has 1 saturated carbocycles. The number of nitrogens with one attached hydrogen (secondary N) is 1. The fourth-order valence-electron chi connectivity index (χ4n) is 2.46. The zero-order chi connectivity index (χ0) is 12.0. The normalized spacial score (nSPS) is 24.1. The van der Waals surface area contributed by atoms with Crippen molar-refractivity contribution in [1.29, 1.82) is 0 Å². The van der Waals surface area contributed by atoms with Crippen LogP contribution in [0.4, 0.5) is 0 Å². The lowest BCUT2D eigenvalue weighted by Gasteiger charge is -2.39. The van der Waals surface area contributed by atoms with E-state index in [9.17, 15) is 4.79 Å². The SMILES string of the molecule is CC1(C)CCCCC1NC(=O)CCCCN. The molecule has 1 rings (SSSR count). The first-order valence-electron chi connectivity index (χ1n) is 6.56. The Morgan fingerprint density at radius 3 is 2.75 bits per heavy atom. The predicted molar refractivity (Wildman–Crippen MR) is 67.1 cm³/mol. The Labute approximate surface area is 99.2 Å². The average Bonchev–Trinajstić information content (AvgIpc) is 2.21. The van der Waals surface area contributed by atoms with Gasteiger partial charge in [-0.15, -0.1) is 0 Å². The molecule has 0 spiro atoms. The highest BCUT2D eigenvalue weighted by atomic mass is 16.1. The third kappa shape index (κ3) is 4.12. The van der Waals surface area contributed by atoms with Gasteiger partial charge in [-0.3, -0.25) is 4.79 Å². The molecule has 1 fully saturated rings. The Morgan fingerprint density at radius 1 is 1.38 bits per heavy atom. The number of carbonyl (C=O) groups is 1. The van der Waals surface area contributed by atoms with Crippen molar-refractivity contribution < 1.29 is 4.79 Å². The lowest BCUT2D eigenvalue weighted by atomic mass is 9.73. The summed E-state index contributed by atoms with van der Waals surface area (Å²) in [6, 6.07) is 0.367. The van der Waals surface area contributed by atoms with Gasteiger partial charge < -0.3 is 11.1 Å². The van der Waals surface area contributed by atoms with Crippen molar-refractivity contribution in [2.45, 2.75) is 64.8 Å². The minimum Gasteiger partial charge on any atom is -0.353 e. The summed E-state index contributed by atoms with van der Waals surface area (Å²) in [5.41, 5.74) is 5.68. The van der Waals surface area contributed by atoms with Crippen molar-refractivity contribution in [2.75, 3.05) is 6.54 Å². The molecule has 0 aromatic rings. The van der Waals surface area contributed by atoms with Crippen LogP contribution in [0.5, 0.6) is 0 Å². The second-order valence-electron chi connectivity index (χ2n) is 5.60. The van der Waals surface area contributed by atoms with E-state index < -0.39 is 0 Å². The molecule has 0 heterocycles. The third-order valence-electron chi connectivity index (χ3n) is 3.70. The lowest BCUT2D eigenvalue weighted by molar-refractivity contribution is -0.123. The Hall–Kier alpha value is -0.570. The molecule has 3 N–H and O–H groups in total. The van der Waals surface area contributed by atoms with Crippen molar-refractivity contribution >= 4 is 5.91 Å². The molecule has 0 radical (unpaired) electrons. The van der Waals surface area contributed by atoms with Crippen molar-refractivity contribution in [1.82, 2.24) is 5.32 Å². The van der Waals surface area contributed by atoms with Gasteiger partial charge in [0, 0.05) is 12.5 Å². The summed E-state index contributed by atoms with van der Waals surface area (Å²) in [7, 11) is 0. The molecule has 0 aromatic carbocycles. The zero-order valence-electron chi connectivity index (χ0n) is 10.7. The summed E-state index contributed by atoms with van der Waals surface area (Å²) in [4.78, 5) is 11.7. The number of hydrogen-bond donors (Lipinski definition) is 2. The predicted octanol–water partition coefficient (Wildman–Crippen LogP) is 2.20. The van der Waals surface area contributed by atoms with E-state index in [4.69, 9.17) is 5.73 Å². The van der Waals surface area contributed by atoms with Crippen LogP contribution in [0.1, 0.15) is 58.8 Å². The molecule has 16 heavy (non-hydrogen) atoms. The highest BCUT2D eigenvalue weighted by Crippen LogP contribution is 2.35. The Bertz CT molecular complexity index is 226. The second-order valence-corrected chi connectivity index (χ2v) is 5.60. The highest BCUT2D eigenvalue weighted by Gasteiger charge is 2.32. The van der Waals surface area contributed by atoms with E-state index in [0.717, 1.165) is 19.3 Å². The number of amides is 1. The number of unbranched alkanes of at least 4 members (excludes halogenated alkanes) is 1. The Kier molecular flexibility index (Phi) is 5.26. The van der Waals surface area contributed by atoms with Crippen LogP contribution in [0.2, 0.25) is 0 Å². The first-order valence-corrected chi connectivity index (χ1v) is 6.56. The minimum absolute atomic E-state index is 0.202. The molecule has 0 bridgehead atoms. The fourth-order valence-corrected chi connectivity index (χ4v) is 2.46. The fraction of sp³-hybridized carbons (Fsp3) is 0.923. The van der Waals surface area contributed by atoms with Gasteiger partial charge in [-0.2, -0.15) is 0 Å². The molecular formula is C13H26N2O. The standard InChI is InChI=1S/C13H26N2O/c1-13(2)9-5-3-7-11(13)15-12(16)8-4-6-10-14/h11H,3-10,14H2,1-2H3,(H,15,16). The molecule has 1 unspecified atom stereocenters. The van der Waals surface area contributed by atoms with Crippen LogP contribution in [0.15, 0.2) is 0 Å². The van der Waals surface area contributed by atoms with Gasteiger partial charge >= 0.3 is 0 Å². The zero-order valence-corrected chi connectivity index (χ0v) is 10.7. The van der Waals surface area contributed by atoms with E-state index in [-0.39, 0.29) is 11.3 Å². The molecule has 1 aliphatic carbocycles. The maximum Gasteiger partial charge on any atom is 0.220 e. The Morgan fingerprint density at radius 2 is 2.12 bits per heavy atom. The van der Waals surface area contributed by atoms with Crippen LogP contribution in [0.3, 0.4) is 0 Å². The van der Waals surface area contributed by atoms with Crippen LogP contribution in [-0.2, 0) is 4.79 Å².